The monoisotopic (exact) mass is 212 g/mol. The van der Waals surface area contributed by atoms with Crippen LogP contribution in [-0.2, 0) is 0 Å². The number of fused-ring (bicyclic) bond motifs is 1. The van der Waals surface area contributed by atoms with Crippen molar-refractivity contribution in [2.24, 2.45) is 0 Å². The van der Waals surface area contributed by atoms with E-state index in [1.165, 1.54) is 21.9 Å². The van der Waals surface area contributed by atoms with Gasteiger partial charge in [0.1, 0.15) is 12.4 Å². The Morgan fingerprint density at radius 1 is 1.19 bits per heavy atom. The van der Waals surface area contributed by atoms with E-state index < -0.39 is 0 Å². The highest BCUT2D eigenvalue weighted by Gasteiger charge is 2.06. The lowest BCUT2D eigenvalue weighted by molar-refractivity contribution is 0.361. The molecule has 0 bridgehead atoms. The second-order valence-electron chi connectivity index (χ2n) is 3.95. The predicted octanol–water partition coefficient (Wildman–Crippen LogP) is 4.02. The molecular formula is C15H16O. The molecule has 0 aliphatic carbocycles. The van der Waals surface area contributed by atoms with E-state index in [1.54, 1.807) is 6.08 Å². The molecule has 0 N–H and O–H groups in total. The molecule has 0 fully saturated rings. The first-order valence-corrected chi connectivity index (χ1v) is 5.46. The molecule has 0 aliphatic rings. The van der Waals surface area contributed by atoms with Crippen molar-refractivity contribution in [1.82, 2.24) is 0 Å². The van der Waals surface area contributed by atoms with Crippen LogP contribution in [0.2, 0.25) is 0 Å². The minimum atomic E-state index is 0.554. The summed E-state index contributed by atoms with van der Waals surface area (Å²) < 4.78 is 5.66. The molecule has 82 valence electrons. The maximum absolute atomic E-state index is 5.66. The van der Waals surface area contributed by atoms with Crippen molar-refractivity contribution in [1.29, 1.82) is 0 Å². The number of benzene rings is 2. The standard InChI is InChI=1S/C15H16O/c1-4-9-16-15-10-13-7-5-6-8-14(13)11(2)12(15)3/h4-8,10H,1,9H2,2-3H3. The van der Waals surface area contributed by atoms with Crippen LogP contribution < -0.4 is 4.74 Å². The summed E-state index contributed by atoms with van der Waals surface area (Å²) in [5, 5.41) is 2.52. The largest absolute Gasteiger partial charge is 0.489 e. The van der Waals surface area contributed by atoms with Crippen LogP contribution in [-0.4, -0.2) is 6.61 Å². The fraction of sp³-hybridized carbons (Fsp3) is 0.200. The molecule has 0 aromatic heterocycles. The van der Waals surface area contributed by atoms with Gasteiger partial charge in [-0.25, -0.2) is 0 Å². The molecule has 2 aromatic carbocycles. The third kappa shape index (κ3) is 1.81. The minimum Gasteiger partial charge on any atom is -0.489 e. The Labute approximate surface area is 96.4 Å². The van der Waals surface area contributed by atoms with Crippen molar-refractivity contribution in [2.75, 3.05) is 6.61 Å². The summed E-state index contributed by atoms with van der Waals surface area (Å²) in [6.07, 6.45) is 1.77. The average molecular weight is 212 g/mol. The molecule has 0 saturated carbocycles. The maximum atomic E-state index is 5.66. The van der Waals surface area contributed by atoms with E-state index in [9.17, 15) is 0 Å². The van der Waals surface area contributed by atoms with Crippen LogP contribution in [0.4, 0.5) is 0 Å². The van der Waals surface area contributed by atoms with Crippen molar-refractivity contribution in [3.8, 4) is 5.75 Å². The molecule has 0 unspecified atom stereocenters. The van der Waals surface area contributed by atoms with Gasteiger partial charge in [0.05, 0.1) is 0 Å². The van der Waals surface area contributed by atoms with Gasteiger partial charge in [-0.2, -0.15) is 0 Å². The Balaban J connectivity index is 2.59. The van der Waals surface area contributed by atoms with Crippen molar-refractivity contribution < 1.29 is 4.74 Å². The molecule has 1 nitrogen and oxygen atoms in total. The summed E-state index contributed by atoms with van der Waals surface area (Å²) in [7, 11) is 0. The van der Waals surface area contributed by atoms with Gasteiger partial charge in [0, 0.05) is 0 Å². The topological polar surface area (TPSA) is 9.23 Å². The number of ether oxygens (including phenoxy) is 1. The summed E-state index contributed by atoms with van der Waals surface area (Å²) in [6, 6.07) is 10.5. The van der Waals surface area contributed by atoms with Crippen molar-refractivity contribution >= 4 is 10.8 Å². The van der Waals surface area contributed by atoms with E-state index in [1.807, 2.05) is 6.07 Å². The fourth-order valence-electron chi connectivity index (χ4n) is 1.90. The Hall–Kier alpha value is -1.76. The first kappa shape index (κ1) is 10.7. The molecular weight excluding hydrogens is 196 g/mol. The number of rotatable bonds is 3. The van der Waals surface area contributed by atoms with E-state index in [0.29, 0.717) is 6.61 Å². The van der Waals surface area contributed by atoms with E-state index in [4.69, 9.17) is 4.74 Å². The highest BCUT2D eigenvalue weighted by molar-refractivity contribution is 5.88. The minimum absolute atomic E-state index is 0.554. The lowest BCUT2D eigenvalue weighted by Gasteiger charge is -2.12. The maximum Gasteiger partial charge on any atom is 0.123 e. The normalized spacial score (nSPS) is 10.4. The van der Waals surface area contributed by atoms with Gasteiger partial charge in [-0.1, -0.05) is 36.9 Å². The molecule has 0 spiro atoms. The van der Waals surface area contributed by atoms with Crippen LogP contribution in [0.5, 0.6) is 5.75 Å². The number of hydrogen-bond acceptors (Lipinski definition) is 1. The molecule has 1 heteroatoms. The third-order valence-corrected chi connectivity index (χ3v) is 2.94. The van der Waals surface area contributed by atoms with Gasteiger partial charge in [0.2, 0.25) is 0 Å². The fourth-order valence-corrected chi connectivity index (χ4v) is 1.90. The second kappa shape index (κ2) is 4.40. The Morgan fingerprint density at radius 3 is 2.69 bits per heavy atom. The lowest BCUT2D eigenvalue weighted by Crippen LogP contribution is -1.97. The van der Waals surface area contributed by atoms with E-state index in [0.717, 1.165) is 5.75 Å². The summed E-state index contributed by atoms with van der Waals surface area (Å²) in [5.74, 6) is 0.955. The van der Waals surface area contributed by atoms with Crippen LogP contribution in [0.25, 0.3) is 10.8 Å². The molecule has 0 aliphatic heterocycles. The molecule has 0 radical (unpaired) electrons. The highest BCUT2D eigenvalue weighted by atomic mass is 16.5. The second-order valence-corrected chi connectivity index (χ2v) is 3.95. The van der Waals surface area contributed by atoms with Crippen LogP contribution in [0.3, 0.4) is 0 Å². The van der Waals surface area contributed by atoms with Gasteiger partial charge >= 0.3 is 0 Å². The van der Waals surface area contributed by atoms with Gasteiger partial charge in [-0.15, -0.1) is 0 Å². The smallest absolute Gasteiger partial charge is 0.123 e. The zero-order valence-corrected chi connectivity index (χ0v) is 9.79. The van der Waals surface area contributed by atoms with E-state index >= 15 is 0 Å². The van der Waals surface area contributed by atoms with E-state index in [-0.39, 0.29) is 0 Å². The zero-order valence-electron chi connectivity index (χ0n) is 9.79. The van der Waals surface area contributed by atoms with Gasteiger partial charge in [0.15, 0.2) is 0 Å². The summed E-state index contributed by atoms with van der Waals surface area (Å²) >= 11 is 0. The average Bonchev–Trinajstić information content (AvgIpc) is 2.32. The Morgan fingerprint density at radius 2 is 1.94 bits per heavy atom. The number of hydrogen-bond donors (Lipinski definition) is 0. The van der Waals surface area contributed by atoms with Crippen LogP contribution >= 0.6 is 0 Å². The molecule has 0 heterocycles. The summed E-state index contributed by atoms with van der Waals surface area (Å²) in [6.45, 7) is 8.45. The van der Waals surface area contributed by atoms with E-state index in [2.05, 4.69) is 44.7 Å². The van der Waals surface area contributed by atoms with Crippen molar-refractivity contribution in [3.63, 3.8) is 0 Å². The number of aryl methyl sites for hydroxylation is 1. The van der Waals surface area contributed by atoms with Crippen LogP contribution in [0.1, 0.15) is 11.1 Å². The first-order chi connectivity index (χ1) is 7.74. The highest BCUT2D eigenvalue weighted by Crippen LogP contribution is 2.29. The molecule has 0 atom stereocenters. The third-order valence-electron chi connectivity index (χ3n) is 2.94. The van der Waals surface area contributed by atoms with Gasteiger partial charge < -0.3 is 4.74 Å². The predicted molar refractivity (Wildman–Crippen MR) is 69.1 cm³/mol. The molecule has 0 amide bonds. The summed E-state index contributed by atoms with van der Waals surface area (Å²) in [5.41, 5.74) is 2.50. The van der Waals surface area contributed by atoms with Crippen LogP contribution in [0, 0.1) is 13.8 Å². The van der Waals surface area contributed by atoms with Crippen molar-refractivity contribution in [3.05, 3.63) is 54.1 Å². The molecule has 16 heavy (non-hydrogen) atoms. The quantitative estimate of drug-likeness (QED) is 0.698. The van der Waals surface area contributed by atoms with Gasteiger partial charge in [-0.3, -0.25) is 0 Å². The summed E-state index contributed by atoms with van der Waals surface area (Å²) in [4.78, 5) is 0. The van der Waals surface area contributed by atoms with Crippen LogP contribution in [0.15, 0.2) is 43.0 Å². The SMILES string of the molecule is C=CCOc1cc2ccccc2c(C)c1C. The lowest BCUT2D eigenvalue weighted by atomic mass is 10.00. The molecule has 0 saturated heterocycles. The van der Waals surface area contributed by atoms with Gasteiger partial charge in [0.25, 0.3) is 0 Å². The van der Waals surface area contributed by atoms with Gasteiger partial charge in [-0.05, 0) is 41.8 Å². The van der Waals surface area contributed by atoms with Crippen molar-refractivity contribution in [2.45, 2.75) is 13.8 Å². The zero-order chi connectivity index (χ0) is 11.5. The Bertz CT molecular complexity index is 526. The molecule has 2 aromatic rings. The Kier molecular flexibility index (Phi) is 2.95. The molecule has 2 rings (SSSR count). The first-order valence-electron chi connectivity index (χ1n) is 5.46.